The zero-order chi connectivity index (χ0) is 9.03. The molecule has 0 amide bonds. The summed E-state index contributed by atoms with van der Waals surface area (Å²) in [7, 11) is -4.23. The van der Waals surface area contributed by atoms with Gasteiger partial charge < -0.3 is 9.79 Å². The summed E-state index contributed by atoms with van der Waals surface area (Å²) in [6.45, 7) is 0.213. The molecular formula is C7H16NaO4P. The van der Waals surface area contributed by atoms with Crippen molar-refractivity contribution in [3.63, 3.8) is 0 Å². The molecule has 0 heterocycles. The molecule has 0 atom stereocenters. The van der Waals surface area contributed by atoms with Gasteiger partial charge in [0.1, 0.15) is 0 Å². The maximum absolute atomic E-state index is 10.3. The van der Waals surface area contributed by atoms with Crippen molar-refractivity contribution in [2.75, 3.05) is 6.61 Å². The van der Waals surface area contributed by atoms with Crippen LogP contribution in [0, 0.1) is 5.92 Å². The number of rotatable bonds is 3. The average Bonchev–Trinajstić information content (AvgIpc) is 2.02. The third kappa shape index (κ3) is 7.09. The molecule has 2 N–H and O–H groups in total. The van der Waals surface area contributed by atoms with E-state index >= 15 is 0 Å². The van der Waals surface area contributed by atoms with Crippen LogP contribution in [0.5, 0.6) is 0 Å². The molecular weight excluding hydrogens is 202 g/mol. The summed E-state index contributed by atoms with van der Waals surface area (Å²) in [6.07, 6.45) is 5.65. The van der Waals surface area contributed by atoms with E-state index in [0.29, 0.717) is 5.92 Å². The molecule has 0 radical (unpaired) electrons. The second kappa shape index (κ2) is 6.57. The van der Waals surface area contributed by atoms with Crippen LogP contribution in [-0.2, 0) is 9.09 Å². The van der Waals surface area contributed by atoms with Crippen molar-refractivity contribution in [1.29, 1.82) is 0 Å². The number of phosphoric acid groups is 1. The molecule has 0 aromatic rings. The summed E-state index contributed by atoms with van der Waals surface area (Å²) >= 11 is 0. The second-order valence-corrected chi connectivity index (χ2v) is 4.53. The van der Waals surface area contributed by atoms with Gasteiger partial charge in [-0.1, -0.05) is 19.3 Å². The topological polar surface area (TPSA) is 66.8 Å². The molecule has 1 saturated carbocycles. The van der Waals surface area contributed by atoms with E-state index in [9.17, 15) is 4.57 Å². The van der Waals surface area contributed by atoms with Crippen LogP contribution in [0.4, 0.5) is 0 Å². The third-order valence-corrected chi connectivity index (χ3v) is 2.69. The minimum atomic E-state index is -4.23. The van der Waals surface area contributed by atoms with Gasteiger partial charge in [-0.25, -0.2) is 4.57 Å². The van der Waals surface area contributed by atoms with E-state index in [-0.39, 0.29) is 36.2 Å². The van der Waals surface area contributed by atoms with Crippen LogP contribution in [0.2, 0.25) is 0 Å². The van der Waals surface area contributed by atoms with Crippen LogP contribution in [0.1, 0.15) is 32.1 Å². The van der Waals surface area contributed by atoms with Crippen molar-refractivity contribution >= 4 is 37.4 Å². The van der Waals surface area contributed by atoms with E-state index in [4.69, 9.17) is 9.79 Å². The van der Waals surface area contributed by atoms with Gasteiger partial charge in [-0.3, -0.25) is 4.52 Å². The Kier molecular flexibility index (Phi) is 7.13. The maximum atomic E-state index is 10.3. The van der Waals surface area contributed by atoms with Crippen molar-refractivity contribution in [3.05, 3.63) is 0 Å². The van der Waals surface area contributed by atoms with Crippen molar-refractivity contribution in [3.8, 4) is 0 Å². The van der Waals surface area contributed by atoms with E-state index in [1.807, 2.05) is 0 Å². The molecule has 1 rings (SSSR count). The third-order valence-electron chi connectivity index (χ3n) is 2.20. The molecule has 1 fully saturated rings. The Bertz CT molecular complexity index is 175. The van der Waals surface area contributed by atoms with Gasteiger partial charge in [0.2, 0.25) is 0 Å². The molecule has 74 valence electrons. The molecule has 0 aliphatic heterocycles. The Morgan fingerprint density at radius 1 is 1.23 bits per heavy atom. The van der Waals surface area contributed by atoms with Crippen LogP contribution in [0.15, 0.2) is 0 Å². The summed E-state index contributed by atoms with van der Waals surface area (Å²) in [5.74, 6) is 0.353. The number of hydrogen-bond donors (Lipinski definition) is 2. The van der Waals surface area contributed by atoms with Gasteiger partial charge in [-0.05, 0) is 18.8 Å². The van der Waals surface area contributed by atoms with E-state index in [2.05, 4.69) is 4.52 Å². The molecule has 13 heavy (non-hydrogen) atoms. The van der Waals surface area contributed by atoms with E-state index in [1.54, 1.807) is 0 Å². The first-order chi connectivity index (χ1) is 5.58. The van der Waals surface area contributed by atoms with Crippen molar-refractivity contribution in [2.45, 2.75) is 32.1 Å². The summed E-state index contributed by atoms with van der Waals surface area (Å²) in [5, 5.41) is 0. The minimum absolute atomic E-state index is 0. The Balaban J connectivity index is 0.00000144. The van der Waals surface area contributed by atoms with E-state index in [0.717, 1.165) is 25.7 Å². The van der Waals surface area contributed by atoms with Gasteiger partial charge in [-0.2, -0.15) is 0 Å². The van der Waals surface area contributed by atoms with Gasteiger partial charge in [0.25, 0.3) is 0 Å². The van der Waals surface area contributed by atoms with Gasteiger partial charge in [-0.15, -0.1) is 0 Å². The molecule has 0 aromatic carbocycles. The first kappa shape index (κ1) is 14.1. The molecule has 0 bridgehead atoms. The van der Waals surface area contributed by atoms with Gasteiger partial charge in [0.15, 0.2) is 0 Å². The van der Waals surface area contributed by atoms with Crippen LogP contribution in [0.3, 0.4) is 0 Å². The van der Waals surface area contributed by atoms with Crippen molar-refractivity contribution in [2.24, 2.45) is 5.92 Å². The predicted octanol–water partition coefficient (Wildman–Crippen LogP) is 1.03. The summed E-state index contributed by atoms with van der Waals surface area (Å²) < 4.78 is 14.8. The van der Waals surface area contributed by atoms with Crippen LogP contribution < -0.4 is 0 Å². The predicted molar refractivity (Wildman–Crippen MR) is 51.7 cm³/mol. The van der Waals surface area contributed by atoms with Gasteiger partial charge in [0.05, 0.1) is 6.61 Å². The van der Waals surface area contributed by atoms with Crippen LogP contribution in [-0.4, -0.2) is 46.0 Å². The zero-order valence-electron chi connectivity index (χ0n) is 6.98. The zero-order valence-corrected chi connectivity index (χ0v) is 7.87. The summed E-state index contributed by atoms with van der Waals surface area (Å²) in [4.78, 5) is 16.9. The van der Waals surface area contributed by atoms with Crippen molar-refractivity contribution in [1.82, 2.24) is 0 Å². The first-order valence-electron chi connectivity index (χ1n) is 4.28. The Morgan fingerprint density at radius 2 is 1.77 bits per heavy atom. The fraction of sp³-hybridized carbons (Fsp3) is 1.00. The monoisotopic (exact) mass is 218 g/mol. The first-order valence-corrected chi connectivity index (χ1v) is 5.81. The van der Waals surface area contributed by atoms with Gasteiger partial charge >= 0.3 is 37.4 Å². The fourth-order valence-corrected chi connectivity index (χ4v) is 1.96. The SMILES string of the molecule is O=P(O)(O)OCC1CCCCC1.[NaH]. The molecule has 0 spiro atoms. The van der Waals surface area contributed by atoms with E-state index in [1.165, 1.54) is 6.42 Å². The molecule has 4 nitrogen and oxygen atoms in total. The Labute approximate surface area is 101 Å². The standard InChI is InChI=1S/C7H15O4P.Na.H/c8-12(9,10)11-6-7-4-2-1-3-5-7;;/h7H,1-6H2,(H2,8,9,10);;. The van der Waals surface area contributed by atoms with Crippen LogP contribution >= 0.6 is 7.82 Å². The summed E-state index contributed by atoms with van der Waals surface area (Å²) in [6, 6.07) is 0. The van der Waals surface area contributed by atoms with Gasteiger partial charge in [0, 0.05) is 0 Å². The Morgan fingerprint density at radius 3 is 2.23 bits per heavy atom. The number of hydrogen-bond acceptors (Lipinski definition) is 2. The van der Waals surface area contributed by atoms with Crippen molar-refractivity contribution < 1.29 is 18.9 Å². The molecule has 0 unspecified atom stereocenters. The molecule has 1 aliphatic carbocycles. The quantitative estimate of drug-likeness (QED) is 0.548. The normalized spacial score (nSPS) is 19.5. The molecule has 6 heteroatoms. The van der Waals surface area contributed by atoms with E-state index < -0.39 is 7.82 Å². The van der Waals surface area contributed by atoms with Crippen LogP contribution in [0.25, 0.3) is 0 Å². The Hall–Kier alpha value is 1.11. The average molecular weight is 218 g/mol. The molecule has 1 aliphatic rings. The second-order valence-electron chi connectivity index (χ2n) is 3.29. The molecule has 0 aromatic heterocycles. The molecule has 0 saturated heterocycles. The number of phosphoric ester groups is 1. The summed E-state index contributed by atoms with van der Waals surface area (Å²) in [5.41, 5.74) is 0. The fourth-order valence-electron chi connectivity index (χ4n) is 1.56.